The summed E-state index contributed by atoms with van der Waals surface area (Å²) < 4.78 is 38.5. The van der Waals surface area contributed by atoms with E-state index in [-0.39, 0.29) is 21.6 Å². The Kier molecular flexibility index (Phi) is 3.45. The van der Waals surface area contributed by atoms with E-state index in [0.717, 1.165) is 6.07 Å². The third-order valence-electron chi connectivity index (χ3n) is 2.24. The number of hydrogen-bond acceptors (Lipinski definition) is 2. The number of hydrogen-bond donors (Lipinski definition) is 0. The van der Waals surface area contributed by atoms with Crippen molar-refractivity contribution >= 4 is 23.2 Å². The highest BCUT2D eigenvalue weighted by molar-refractivity contribution is 6.33. The molecular weight excluding hydrogens is 288 g/mol. The Hall–Kier alpha value is -1.33. The Labute approximate surface area is 110 Å². The molecule has 94 valence electrons. The molecule has 0 aliphatic carbocycles. The zero-order chi connectivity index (χ0) is 13.3. The first-order valence-corrected chi connectivity index (χ1v) is 5.50. The fourth-order valence-electron chi connectivity index (χ4n) is 1.49. The van der Waals surface area contributed by atoms with Crippen LogP contribution in [0.4, 0.5) is 13.2 Å². The number of nitrogens with zero attached hydrogens (tertiary/aromatic N) is 2. The maximum atomic E-state index is 12.8. The van der Waals surface area contributed by atoms with E-state index < -0.39 is 11.7 Å². The van der Waals surface area contributed by atoms with E-state index in [4.69, 9.17) is 23.2 Å². The van der Waals surface area contributed by atoms with Gasteiger partial charge in [0.15, 0.2) is 0 Å². The predicted molar refractivity (Wildman–Crippen MR) is 62.5 cm³/mol. The van der Waals surface area contributed by atoms with Gasteiger partial charge in [-0.1, -0.05) is 29.8 Å². The first kappa shape index (κ1) is 13.1. The summed E-state index contributed by atoms with van der Waals surface area (Å²) in [6.45, 7) is 0. The number of rotatable bonds is 1. The van der Waals surface area contributed by atoms with Crippen LogP contribution in [0, 0.1) is 0 Å². The molecule has 2 nitrogen and oxygen atoms in total. The molecule has 0 N–H and O–H groups in total. The van der Waals surface area contributed by atoms with Gasteiger partial charge >= 0.3 is 6.18 Å². The van der Waals surface area contributed by atoms with Gasteiger partial charge in [-0.3, -0.25) is 0 Å². The molecule has 0 saturated carbocycles. The maximum absolute atomic E-state index is 12.8. The molecule has 0 spiro atoms. The molecule has 0 aliphatic rings. The molecule has 18 heavy (non-hydrogen) atoms. The second-order valence-electron chi connectivity index (χ2n) is 3.39. The van der Waals surface area contributed by atoms with Gasteiger partial charge in [-0.15, -0.1) is 0 Å². The van der Waals surface area contributed by atoms with E-state index in [1.165, 1.54) is 24.4 Å². The van der Waals surface area contributed by atoms with Crippen molar-refractivity contribution in [2.24, 2.45) is 0 Å². The van der Waals surface area contributed by atoms with Crippen LogP contribution in [0.2, 0.25) is 10.4 Å². The van der Waals surface area contributed by atoms with Gasteiger partial charge < -0.3 is 0 Å². The van der Waals surface area contributed by atoms with Crippen molar-refractivity contribution in [3.05, 3.63) is 46.5 Å². The lowest BCUT2D eigenvalue weighted by atomic mass is 10.0. The summed E-state index contributed by atoms with van der Waals surface area (Å²) >= 11 is 11.3. The Morgan fingerprint density at radius 1 is 1.00 bits per heavy atom. The number of aromatic nitrogens is 2. The van der Waals surface area contributed by atoms with Gasteiger partial charge in [0, 0.05) is 11.8 Å². The highest BCUT2D eigenvalue weighted by atomic mass is 35.5. The molecule has 1 aromatic heterocycles. The zero-order valence-corrected chi connectivity index (χ0v) is 10.2. The Bertz CT molecular complexity index is 585. The fraction of sp³-hybridized carbons (Fsp3) is 0.0909. The summed E-state index contributed by atoms with van der Waals surface area (Å²) in [5, 5.41) is -0.236. The van der Waals surface area contributed by atoms with E-state index in [1.807, 2.05) is 0 Å². The molecule has 0 saturated heterocycles. The normalized spacial score (nSPS) is 11.6. The number of halogens is 5. The highest BCUT2D eigenvalue weighted by Crippen LogP contribution is 2.38. The van der Waals surface area contributed by atoms with Crippen LogP contribution >= 0.6 is 23.2 Å². The second kappa shape index (κ2) is 4.74. The fourth-order valence-corrected chi connectivity index (χ4v) is 1.89. The summed E-state index contributed by atoms with van der Waals surface area (Å²) in [7, 11) is 0. The monoisotopic (exact) mass is 292 g/mol. The third-order valence-corrected chi connectivity index (χ3v) is 2.71. The minimum Gasteiger partial charge on any atom is -0.226 e. The van der Waals surface area contributed by atoms with Crippen molar-refractivity contribution in [1.82, 2.24) is 9.97 Å². The molecule has 0 atom stereocenters. The summed E-state index contributed by atoms with van der Waals surface area (Å²) in [5.74, 6) is 0. The molecule has 1 heterocycles. The van der Waals surface area contributed by atoms with Crippen LogP contribution in [0.1, 0.15) is 5.56 Å². The van der Waals surface area contributed by atoms with Gasteiger partial charge in [0.25, 0.3) is 0 Å². The Balaban J connectivity index is 2.64. The first-order chi connectivity index (χ1) is 8.39. The zero-order valence-electron chi connectivity index (χ0n) is 8.67. The molecular formula is C11H5Cl2F3N2. The van der Waals surface area contributed by atoms with Crippen LogP contribution < -0.4 is 0 Å². The van der Waals surface area contributed by atoms with Gasteiger partial charge in [-0.2, -0.15) is 13.2 Å². The minimum atomic E-state index is -4.47. The molecule has 0 unspecified atom stereocenters. The van der Waals surface area contributed by atoms with Crippen molar-refractivity contribution in [2.45, 2.75) is 6.18 Å². The van der Waals surface area contributed by atoms with E-state index in [1.54, 1.807) is 0 Å². The van der Waals surface area contributed by atoms with Gasteiger partial charge in [0.1, 0.15) is 5.15 Å². The summed E-state index contributed by atoms with van der Waals surface area (Å²) in [4.78, 5) is 7.27. The number of benzene rings is 1. The second-order valence-corrected chi connectivity index (χ2v) is 4.08. The van der Waals surface area contributed by atoms with E-state index in [9.17, 15) is 13.2 Å². The average molecular weight is 293 g/mol. The highest BCUT2D eigenvalue weighted by Gasteiger charge is 2.33. The topological polar surface area (TPSA) is 25.8 Å². The molecule has 2 rings (SSSR count). The summed E-state index contributed by atoms with van der Waals surface area (Å²) in [6, 6.07) is 5.06. The van der Waals surface area contributed by atoms with Crippen LogP contribution in [-0.4, -0.2) is 9.97 Å². The maximum Gasteiger partial charge on any atom is 0.417 e. The molecule has 0 radical (unpaired) electrons. The lowest BCUT2D eigenvalue weighted by Crippen LogP contribution is -2.07. The SMILES string of the molecule is FC(F)(F)c1ccccc1-c1cnc(Cl)nc1Cl. The lowest BCUT2D eigenvalue weighted by molar-refractivity contribution is -0.137. The Morgan fingerprint density at radius 3 is 2.28 bits per heavy atom. The molecule has 7 heteroatoms. The van der Waals surface area contributed by atoms with Gasteiger partial charge in [-0.25, -0.2) is 9.97 Å². The van der Waals surface area contributed by atoms with Crippen LogP contribution in [0.3, 0.4) is 0 Å². The van der Waals surface area contributed by atoms with Crippen molar-refractivity contribution in [1.29, 1.82) is 0 Å². The van der Waals surface area contributed by atoms with Crippen molar-refractivity contribution < 1.29 is 13.2 Å². The van der Waals surface area contributed by atoms with E-state index in [0.29, 0.717) is 0 Å². The molecule has 0 aliphatic heterocycles. The van der Waals surface area contributed by atoms with Gasteiger partial charge in [0.05, 0.1) is 5.56 Å². The van der Waals surface area contributed by atoms with Gasteiger partial charge in [0.2, 0.25) is 5.28 Å². The molecule has 0 amide bonds. The van der Waals surface area contributed by atoms with Crippen LogP contribution in [-0.2, 0) is 6.18 Å². The molecule has 0 bridgehead atoms. The van der Waals surface area contributed by atoms with Crippen molar-refractivity contribution in [3.63, 3.8) is 0 Å². The van der Waals surface area contributed by atoms with E-state index in [2.05, 4.69) is 9.97 Å². The third kappa shape index (κ3) is 2.57. The van der Waals surface area contributed by atoms with Crippen LogP contribution in [0.15, 0.2) is 30.5 Å². The summed E-state index contributed by atoms with van der Waals surface area (Å²) in [5.41, 5.74) is -0.779. The molecule has 0 fully saturated rings. The molecule has 1 aromatic carbocycles. The van der Waals surface area contributed by atoms with Crippen molar-refractivity contribution in [2.75, 3.05) is 0 Å². The number of alkyl halides is 3. The largest absolute Gasteiger partial charge is 0.417 e. The Morgan fingerprint density at radius 2 is 1.67 bits per heavy atom. The van der Waals surface area contributed by atoms with E-state index >= 15 is 0 Å². The van der Waals surface area contributed by atoms with Crippen LogP contribution in [0.25, 0.3) is 11.1 Å². The van der Waals surface area contributed by atoms with Crippen LogP contribution in [0.5, 0.6) is 0 Å². The minimum absolute atomic E-state index is 0.0772. The lowest BCUT2D eigenvalue weighted by Gasteiger charge is -2.12. The quantitative estimate of drug-likeness (QED) is 0.572. The molecule has 2 aromatic rings. The average Bonchev–Trinajstić information content (AvgIpc) is 2.28. The predicted octanol–water partition coefficient (Wildman–Crippen LogP) is 4.47. The summed E-state index contributed by atoms with van der Waals surface area (Å²) in [6.07, 6.45) is -3.30. The van der Waals surface area contributed by atoms with Crippen molar-refractivity contribution in [3.8, 4) is 11.1 Å². The smallest absolute Gasteiger partial charge is 0.226 e. The first-order valence-electron chi connectivity index (χ1n) is 4.74. The van der Waals surface area contributed by atoms with Gasteiger partial charge in [-0.05, 0) is 23.2 Å². The standard InChI is InChI=1S/C11H5Cl2F3N2/c12-9-7(5-17-10(13)18-9)6-3-1-2-4-8(6)11(14,15)16/h1-5H.